The number of aromatic nitrogens is 1. The summed E-state index contributed by atoms with van der Waals surface area (Å²) in [6.45, 7) is 1.73. The van der Waals surface area contributed by atoms with Crippen LogP contribution in [-0.2, 0) is 0 Å². The Hall–Kier alpha value is -1.23. The van der Waals surface area contributed by atoms with E-state index in [0.29, 0.717) is 5.69 Å². The average molecular weight is 213 g/mol. The molecule has 1 aliphatic heterocycles. The number of anilines is 1. The van der Waals surface area contributed by atoms with Crippen LogP contribution in [0.1, 0.15) is 24.5 Å². The van der Waals surface area contributed by atoms with Crippen molar-refractivity contribution in [3.63, 3.8) is 0 Å². The van der Waals surface area contributed by atoms with Gasteiger partial charge >= 0.3 is 0 Å². The minimum atomic E-state index is -1.06. The van der Waals surface area contributed by atoms with Crippen molar-refractivity contribution in [1.29, 1.82) is 0 Å². The lowest BCUT2D eigenvalue weighted by Gasteiger charge is -2.23. The smallest absolute Gasteiger partial charge is 0.249 e. The zero-order valence-corrected chi connectivity index (χ0v) is 8.26. The zero-order valence-electron chi connectivity index (χ0n) is 8.26. The lowest BCUT2D eigenvalue weighted by molar-refractivity contribution is 0.433. The molecule has 0 spiro atoms. The van der Waals surface area contributed by atoms with E-state index in [1.807, 2.05) is 0 Å². The van der Waals surface area contributed by atoms with Gasteiger partial charge in [-0.05, 0) is 25.9 Å². The van der Waals surface area contributed by atoms with Crippen molar-refractivity contribution in [3.8, 4) is 0 Å². The lowest BCUT2D eigenvalue weighted by atomic mass is 9.93. The number of piperidine rings is 1. The van der Waals surface area contributed by atoms with Crippen LogP contribution in [0.2, 0.25) is 0 Å². The predicted octanol–water partition coefficient (Wildman–Crippen LogP) is 1.41. The summed E-state index contributed by atoms with van der Waals surface area (Å²) in [6.07, 6.45) is 1.73. The van der Waals surface area contributed by atoms with E-state index >= 15 is 0 Å². The second-order valence-corrected chi connectivity index (χ2v) is 3.76. The van der Waals surface area contributed by atoms with Crippen molar-refractivity contribution >= 4 is 5.69 Å². The molecule has 1 aromatic heterocycles. The highest BCUT2D eigenvalue weighted by Gasteiger charge is 2.20. The van der Waals surface area contributed by atoms with Gasteiger partial charge in [-0.15, -0.1) is 0 Å². The van der Waals surface area contributed by atoms with Crippen molar-refractivity contribution in [2.75, 3.05) is 18.8 Å². The molecule has 1 saturated heterocycles. The fraction of sp³-hybridized carbons (Fsp3) is 0.500. The largest absolute Gasteiger partial charge is 0.397 e. The Kier molecular flexibility index (Phi) is 2.81. The molecule has 0 amide bonds. The second-order valence-electron chi connectivity index (χ2n) is 3.76. The zero-order chi connectivity index (χ0) is 10.8. The van der Waals surface area contributed by atoms with Crippen molar-refractivity contribution in [2.24, 2.45) is 0 Å². The fourth-order valence-corrected chi connectivity index (χ4v) is 1.92. The summed E-state index contributed by atoms with van der Waals surface area (Å²) in [6, 6.07) is 1.01. The quantitative estimate of drug-likeness (QED) is 0.693. The number of hydrogen-bond donors (Lipinski definition) is 2. The first kappa shape index (κ1) is 10.3. The van der Waals surface area contributed by atoms with Gasteiger partial charge in [-0.1, -0.05) is 0 Å². The van der Waals surface area contributed by atoms with Gasteiger partial charge in [-0.25, -0.2) is 9.37 Å². The van der Waals surface area contributed by atoms with Crippen LogP contribution in [0.5, 0.6) is 0 Å². The van der Waals surface area contributed by atoms with E-state index in [2.05, 4.69) is 10.3 Å². The topological polar surface area (TPSA) is 50.9 Å². The van der Waals surface area contributed by atoms with Gasteiger partial charge in [0.2, 0.25) is 5.95 Å². The number of rotatable bonds is 1. The van der Waals surface area contributed by atoms with Crippen LogP contribution in [0.15, 0.2) is 6.07 Å². The maximum atomic E-state index is 13.0. The predicted molar refractivity (Wildman–Crippen MR) is 53.4 cm³/mol. The molecule has 2 rings (SSSR count). The van der Waals surface area contributed by atoms with Crippen molar-refractivity contribution < 1.29 is 8.78 Å². The molecule has 82 valence electrons. The Morgan fingerprint density at radius 3 is 2.67 bits per heavy atom. The molecule has 3 nitrogen and oxygen atoms in total. The molecule has 2 heterocycles. The van der Waals surface area contributed by atoms with E-state index < -0.39 is 11.8 Å². The van der Waals surface area contributed by atoms with Crippen LogP contribution < -0.4 is 11.1 Å². The number of nitrogens with one attached hydrogen (secondary N) is 1. The molecule has 0 atom stereocenters. The van der Waals surface area contributed by atoms with Gasteiger partial charge in [-0.3, -0.25) is 0 Å². The van der Waals surface area contributed by atoms with Crippen LogP contribution in [0.3, 0.4) is 0 Å². The van der Waals surface area contributed by atoms with Gasteiger partial charge < -0.3 is 11.1 Å². The molecule has 0 bridgehead atoms. The Morgan fingerprint density at radius 2 is 2.00 bits per heavy atom. The SMILES string of the molecule is Nc1cc(F)c(F)nc1C1CCNCC1. The average Bonchev–Trinajstić information content (AvgIpc) is 2.25. The number of nitrogens with zero attached hydrogens (tertiary/aromatic N) is 1. The maximum Gasteiger partial charge on any atom is 0.249 e. The highest BCUT2D eigenvalue weighted by molar-refractivity contribution is 5.44. The molecule has 0 unspecified atom stereocenters. The molecule has 0 saturated carbocycles. The fourth-order valence-electron chi connectivity index (χ4n) is 1.92. The van der Waals surface area contributed by atoms with E-state index in [0.717, 1.165) is 32.0 Å². The Morgan fingerprint density at radius 1 is 1.33 bits per heavy atom. The van der Waals surface area contributed by atoms with Crippen LogP contribution in [0.4, 0.5) is 14.5 Å². The molecule has 3 N–H and O–H groups in total. The third-order valence-electron chi connectivity index (χ3n) is 2.72. The normalized spacial score (nSPS) is 18.0. The summed E-state index contributed by atoms with van der Waals surface area (Å²) in [4.78, 5) is 3.60. The molecule has 0 aromatic carbocycles. The molecule has 1 aliphatic rings. The summed E-state index contributed by atoms with van der Waals surface area (Å²) in [5.74, 6) is -1.90. The lowest BCUT2D eigenvalue weighted by Crippen LogP contribution is -2.27. The maximum absolute atomic E-state index is 13.0. The molecular weight excluding hydrogens is 200 g/mol. The monoisotopic (exact) mass is 213 g/mol. The third kappa shape index (κ3) is 2.07. The Labute approximate surface area is 86.7 Å². The van der Waals surface area contributed by atoms with E-state index in [1.54, 1.807) is 0 Å². The van der Waals surface area contributed by atoms with Gasteiger partial charge in [0, 0.05) is 12.0 Å². The van der Waals surface area contributed by atoms with E-state index in [9.17, 15) is 8.78 Å². The van der Waals surface area contributed by atoms with Gasteiger partial charge in [0.25, 0.3) is 0 Å². The highest BCUT2D eigenvalue weighted by atomic mass is 19.2. The summed E-state index contributed by atoms with van der Waals surface area (Å²) >= 11 is 0. The van der Waals surface area contributed by atoms with Gasteiger partial charge in [0.15, 0.2) is 5.82 Å². The van der Waals surface area contributed by atoms with Crippen LogP contribution >= 0.6 is 0 Å². The minimum absolute atomic E-state index is 0.140. The standard InChI is InChI=1S/C10H13F2N3/c11-7-5-8(13)9(15-10(7)12)6-1-3-14-4-2-6/h5-6,14H,1-4,13H2. The second kappa shape index (κ2) is 4.10. The van der Waals surface area contributed by atoms with E-state index in [1.165, 1.54) is 0 Å². The Balaban J connectivity index is 2.30. The summed E-state index contributed by atoms with van der Waals surface area (Å²) in [5, 5.41) is 3.19. The van der Waals surface area contributed by atoms with Crippen molar-refractivity contribution in [1.82, 2.24) is 10.3 Å². The number of pyridine rings is 1. The molecule has 1 aromatic rings. The molecule has 5 heteroatoms. The van der Waals surface area contributed by atoms with Crippen LogP contribution in [0, 0.1) is 11.8 Å². The number of halogens is 2. The van der Waals surface area contributed by atoms with E-state index in [4.69, 9.17) is 5.73 Å². The van der Waals surface area contributed by atoms with Crippen molar-refractivity contribution in [3.05, 3.63) is 23.5 Å². The third-order valence-corrected chi connectivity index (χ3v) is 2.72. The van der Waals surface area contributed by atoms with Crippen LogP contribution in [0.25, 0.3) is 0 Å². The first-order valence-corrected chi connectivity index (χ1v) is 5.00. The number of nitrogen functional groups attached to an aromatic ring is 1. The minimum Gasteiger partial charge on any atom is -0.397 e. The van der Waals surface area contributed by atoms with Gasteiger partial charge in [-0.2, -0.15) is 4.39 Å². The molecule has 0 aliphatic carbocycles. The summed E-state index contributed by atoms with van der Waals surface area (Å²) in [7, 11) is 0. The van der Waals surface area contributed by atoms with E-state index in [-0.39, 0.29) is 11.6 Å². The highest BCUT2D eigenvalue weighted by Crippen LogP contribution is 2.28. The summed E-state index contributed by atoms with van der Waals surface area (Å²) in [5.41, 5.74) is 6.38. The number of hydrogen-bond acceptors (Lipinski definition) is 3. The molecule has 1 fully saturated rings. The van der Waals surface area contributed by atoms with Gasteiger partial charge in [0.05, 0.1) is 11.4 Å². The van der Waals surface area contributed by atoms with Crippen LogP contribution in [-0.4, -0.2) is 18.1 Å². The summed E-state index contributed by atoms with van der Waals surface area (Å²) < 4.78 is 25.8. The van der Waals surface area contributed by atoms with Gasteiger partial charge in [0.1, 0.15) is 0 Å². The van der Waals surface area contributed by atoms with Crippen molar-refractivity contribution in [2.45, 2.75) is 18.8 Å². The first-order valence-electron chi connectivity index (χ1n) is 5.00. The Bertz CT molecular complexity index is 362. The number of nitrogens with two attached hydrogens (primary N) is 1. The molecule has 15 heavy (non-hydrogen) atoms. The molecular formula is C10H13F2N3. The first-order chi connectivity index (χ1) is 7.18. The molecule has 0 radical (unpaired) electrons.